The molecule has 0 radical (unpaired) electrons. The Kier molecular flexibility index (Phi) is 4.37. The zero-order chi connectivity index (χ0) is 18.2. The first-order chi connectivity index (χ1) is 11.8. The summed E-state index contributed by atoms with van der Waals surface area (Å²) in [5, 5.41) is 3.33. The SMILES string of the molecule is CC(=O)C1=CC2=C(CC1)N(C(=O)OC(C)(C)C)c1ncccc1CN2. The van der Waals surface area contributed by atoms with E-state index in [0.29, 0.717) is 25.2 Å². The average Bonchev–Trinajstić information content (AvgIpc) is 2.69. The van der Waals surface area contributed by atoms with Crippen LogP contribution in [0.3, 0.4) is 0 Å². The highest BCUT2D eigenvalue weighted by molar-refractivity contribution is 5.96. The second-order valence-corrected chi connectivity index (χ2v) is 7.24. The van der Waals surface area contributed by atoms with E-state index >= 15 is 0 Å². The number of anilines is 1. The standard InChI is InChI=1S/C19H23N3O3/c1-12(23)13-7-8-16-15(10-13)21-11-14-6-5-9-20-17(14)22(16)18(24)25-19(2,3)4/h5-6,9-10,21H,7-8,11H2,1-4H3. The van der Waals surface area contributed by atoms with Crippen molar-refractivity contribution < 1.29 is 14.3 Å². The van der Waals surface area contributed by atoms with Crippen molar-refractivity contribution in [3.63, 3.8) is 0 Å². The molecule has 132 valence electrons. The number of ketones is 1. The zero-order valence-corrected chi connectivity index (χ0v) is 15.0. The smallest absolute Gasteiger partial charge is 0.420 e. The largest absolute Gasteiger partial charge is 0.443 e. The van der Waals surface area contributed by atoms with E-state index in [1.165, 1.54) is 0 Å². The van der Waals surface area contributed by atoms with Crippen LogP contribution in [0.5, 0.6) is 0 Å². The molecule has 0 aromatic carbocycles. The topological polar surface area (TPSA) is 71.5 Å². The van der Waals surface area contributed by atoms with E-state index in [0.717, 1.165) is 22.5 Å². The molecule has 0 saturated carbocycles. The van der Waals surface area contributed by atoms with Crippen LogP contribution in [0.2, 0.25) is 0 Å². The molecule has 1 amide bonds. The minimum atomic E-state index is -0.610. The van der Waals surface area contributed by atoms with E-state index < -0.39 is 11.7 Å². The fourth-order valence-electron chi connectivity index (χ4n) is 2.97. The molecule has 0 spiro atoms. The molecular weight excluding hydrogens is 318 g/mol. The monoisotopic (exact) mass is 341 g/mol. The summed E-state index contributed by atoms with van der Waals surface area (Å²) in [6.45, 7) is 7.61. The van der Waals surface area contributed by atoms with Gasteiger partial charge in [0.05, 0.1) is 11.4 Å². The Hall–Kier alpha value is -2.63. The summed E-state index contributed by atoms with van der Waals surface area (Å²) >= 11 is 0. The van der Waals surface area contributed by atoms with Gasteiger partial charge in [0.25, 0.3) is 0 Å². The molecule has 0 fully saturated rings. The summed E-state index contributed by atoms with van der Waals surface area (Å²) in [6, 6.07) is 3.77. The fourth-order valence-corrected chi connectivity index (χ4v) is 2.97. The van der Waals surface area contributed by atoms with Crippen molar-refractivity contribution in [3.05, 3.63) is 46.9 Å². The number of fused-ring (bicyclic) bond motifs is 1. The van der Waals surface area contributed by atoms with Crippen LogP contribution in [0, 0.1) is 0 Å². The molecular formula is C19H23N3O3. The lowest BCUT2D eigenvalue weighted by Gasteiger charge is -2.30. The van der Waals surface area contributed by atoms with Gasteiger partial charge >= 0.3 is 6.09 Å². The van der Waals surface area contributed by atoms with Crippen LogP contribution in [0.1, 0.15) is 46.1 Å². The first-order valence-electron chi connectivity index (χ1n) is 8.42. The van der Waals surface area contributed by atoms with Gasteiger partial charge in [-0.1, -0.05) is 6.07 Å². The lowest BCUT2D eigenvalue weighted by Crippen LogP contribution is -2.38. The maximum absolute atomic E-state index is 12.9. The number of nitrogens with zero attached hydrogens (tertiary/aromatic N) is 2. The predicted octanol–water partition coefficient (Wildman–Crippen LogP) is 3.45. The van der Waals surface area contributed by atoms with Crippen LogP contribution in [0.25, 0.3) is 0 Å². The highest BCUT2D eigenvalue weighted by atomic mass is 16.6. The predicted molar refractivity (Wildman–Crippen MR) is 94.8 cm³/mol. The van der Waals surface area contributed by atoms with Gasteiger partial charge < -0.3 is 10.1 Å². The number of amides is 1. The normalized spacial score (nSPS) is 17.0. The van der Waals surface area contributed by atoms with Crippen LogP contribution in [0.4, 0.5) is 10.6 Å². The Morgan fingerprint density at radius 2 is 2.04 bits per heavy atom. The third-order valence-corrected chi connectivity index (χ3v) is 4.11. The van der Waals surface area contributed by atoms with Gasteiger partial charge in [-0.05, 0) is 58.3 Å². The van der Waals surface area contributed by atoms with Gasteiger partial charge in [0.1, 0.15) is 11.4 Å². The molecule has 1 N–H and O–H groups in total. The van der Waals surface area contributed by atoms with Crippen LogP contribution in [-0.2, 0) is 16.1 Å². The molecule has 1 aliphatic heterocycles. The Labute approximate surface area is 147 Å². The molecule has 2 heterocycles. The van der Waals surface area contributed by atoms with Crippen LogP contribution in [0.15, 0.2) is 41.4 Å². The lowest BCUT2D eigenvalue weighted by atomic mass is 9.97. The molecule has 6 nitrogen and oxygen atoms in total. The number of ether oxygens (including phenoxy) is 1. The number of allylic oxidation sites excluding steroid dienone is 3. The van der Waals surface area contributed by atoms with E-state index in [2.05, 4.69) is 10.3 Å². The summed E-state index contributed by atoms with van der Waals surface area (Å²) in [5.41, 5.74) is 2.62. The summed E-state index contributed by atoms with van der Waals surface area (Å²) in [4.78, 5) is 30.6. The van der Waals surface area contributed by atoms with E-state index in [1.54, 1.807) is 18.0 Å². The minimum absolute atomic E-state index is 0.0528. The Morgan fingerprint density at radius 1 is 1.28 bits per heavy atom. The summed E-state index contributed by atoms with van der Waals surface area (Å²) in [5.74, 6) is 0.631. The Morgan fingerprint density at radius 3 is 2.72 bits per heavy atom. The maximum atomic E-state index is 12.9. The van der Waals surface area contributed by atoms with Crippen molar-refractivity contribution in [1.82, 2.24) is 10.3 Å². The third kappa shape index (κ3) is 3.57. The number of aromatic nitrogens is 1. The van der Waals surface area contributed by atoms with Gasteiger partial charge in [-0.15, -0.1) is 0 Å². The molecule has 25 heavy (non-hydrogen) atoms. The van der Waals surface area contributed by atoms with Crippen molar-refractivity contribution in [1.29, 1.82) is 0 Å². The molecule has 1 aromatic heterocycles. The fraction of sp³-hybridized carbons (Fsp3) is 0.421. The quantitative estimate of drug-likeness (QED) is 0.847. The van der Waals surface area contributed by atoms with Gasteiger partial charge in [0.15, 0.2) is 5.78 Å². The molecule has 2 aliphatic rings. The molecule has 0 bridgehead atoms. The number of carbonyl (C=O) groups is 2. The second kappa shape index (κ2) is 6.35. The maximum Gasteiger partial charge on any atom is 0.420 e. The first-order valence-corrected chi connectivity index (χ1v) is 8.42. The van der Waals surface area contributed by atoms with Gasteiger partial charge in [0.2, 0.25) is 0 Å². The average molecular weight is 341 g/mol. The van der Waals surface area contributed by atoms with Crippen molar-refractivity contribution in [2.75, 3.05) is 4.90 Å². The lowest BCUT2D eigenvalue weighted by molar-refractivity contribution is -0.113. The molecule has 6 heteroatoms. The van der Waals surface area contributed by atoms with Crippen molar-refractivity contribution in [2.45, 2.75) is 52.7 Å². The Balaban J connectivity index is 2.09. The molecule has 0 unspecified atom stereocenters. The number of carbonyl (C=O) groups excluding carboxylic acids is 2. The van der Waals surface area contributed by atoms with Gasteiger partial charge in [-0.2, -0.15) is 0 Å². The second-order valence-electron chi connectivity index (χ2n) is 7.24. The van der Waals surface area contributed by atoms with Crippen LogP contribution < -0.4 is 10.2 Å². The van der Waals surface area contributed by atoms with E-state index in [9.17, 15) is 9.59 Å². The molecule has 0 atom stereocenters. The van der Waals surface area contributed by atoms with E-state index in [4.69, 9.17) is 4.74 Å². The van der Waals surface area contributed by atoms with Crippen molar-refractivity contribution in [2.24, 2.45) is 0 Å². The molecule has 3 rings (SSSR count). The van der Waals surface area contributed by atoms with Crippen molar-refractivity contribution >= 4 is 17.7 Å². The van der Waals surface area contributed by atoms with Gasteiger partial charge in [-0.25, -0.2) is 14.7 Å². The highest BCUT2D eigenvalue weighted by Gasteiger charge is 2.33. The zero-order valence-electron chi connectivity index (χ0n) is 15.0. The van der Waals surface area contributed by atoms with Crippen LogP contribution >= 0.6 is 0 Å². The van der Waals surface area contributed by atoms with E-state index in [1.807, 2.05) is 39.0 Å². The summed E-state index contributed by atoms with van der Waals surface area (Å²) < 4.78 is 5.61. The first kappa shape index (κ1) is 17.2. The number of pyridine rings is 1. The number of rotatable bonds is 1. The van der Waals surface area contributed by atoms with E-state index in [-0.39, 0.29) is 5.78 Å². The number of nitrogens with one attached hydrogen (secondary N) is 1. The molecule has 1 aromatic rings. The number of hydrogen-bond donors (Lipinski definition) is 1. The molecule has 1 aliphatic carbocycles. The third-order valence-electron chi connectivity index (χ3n) is 4.11. The van der Waals surface area contributed by atoms with Gasteiger partial charge in [0, 0.05) is 18.3 Å². The summed E-state index contributed by atoms with van der Waals surface area (Å²) in [7, 11) is 0. The molecule has 0 saturated heterocycles. The van der Waals surface area contributed by atoms with Crippen LogP contribution in [-0.4, -0.2) is 22.5 Å². The van der Waals surface area contributed by atoms with Gasteiger partial charge in [-0.3, -0.25) is 4.79 Å². The minimum Gasteiger partial charge on any atom is -0.443 e. The Bertz CT molecular complexity index is 787. The van der Waals surface area contributed by atoms with Crippen molar-refractivity contribution in [3.8, 4) is 0 Å². The number of Topliss-reactive ketones (excluding diaryl/α,β-unsaturated/α-hetero) is 1. The summed E-state index contributed by atoms with van der Waals surface area (Å²) in [6.07, 6.45) is 4.22. The number of hydrogen-bond acceptors (Lipinski definition) is 5. The highest BCUT2D eigenvalue weighted by Crippen LogP contribution is 2.34.